The Morgan fingerprint density at radius 1 is 1.20 bits per heavy atom. The molecule has 0 bridgehead atoms. The molecule has 0 heterocycles. The summed E-state index contributed by atoms with van der Waals surface area (Å²) in [5.74, 6) is 1.83. The van der Waals surface area contributed by atoms with E-state index in [1.165, 1.54) is 43.4 Å². The summed E-state index contributed by atoms with van der Waals surface area (Å²) in [4.78, 5) is 0. The SMILES string of the molecule is CCCOc1cc(C)ccc1NC1CCCCC1CC. The van der Waals surface area contributed by atoms with Crippen molar-refractivity contribution in [1.29, 1.82) is 0 Å². The van der Waals surface area contributed by atoms with Crippen LogP contribution in [0.5, 0.6) is 5.75 Å². The molecule has 112 valence electrons. The second-order valence-electron chi connectivity index (χ2n) is 6.05. The van der Waals surface area contributed by atoms with Crippen LogP contribution in [0.1, 0.15) is 57.9 Å². The average molecular weight is 275 g/mol. The van der Waals surface area contributed by atoms with Crippen LogP contribution in [0.4, 0.5) is 5.69 Å². The predicted octanol–water partition coefficient (Wildman–Crippen LogP) is 5.16. The van der Waals surface area contributed by atoms with Gasteiger partial charge in [-0.25, -0.2) is 0 Å². The number of rotatable bonds is 6. The fourth-order valence-electron chi connectivity index (χ4n) is 3.17. The maximum absolute atomic E-state index is 5.92. The number of aryl methyl sites for hydroxylation is 1. The first-order valence-corrected chi connectivity index (χ1v) is 8.24. The van der Waals surface area contributed by atoms with Gasteiger partial charge in [-0.2, -0.15) is 0 Å². The second kappa shape index (κ2) is 7.56. The molecule has 0 radical (unpaired) electrons. The fourth-order valence-corrected chi connectivity index (χ4v) is 3.17. The summed E-state index contributed by atoms with van der Waals surface area (Å²) < 4.78 is 5.92. The van der Waals surface area contributed by atoms with Gasteiger partial charge in [-0.05, 0) is 49.8 Å². The maximum Gasteiger partial charge on any atom is 0.142 e. The van der Waals surface area contributed by atoms with Crippen LogP contribution in [0.3, 0.4) is 0 Å². The third-order valence-corrected chi connectivity index (χ3v) is 4.37. The molecule has 1 aliphatic carbocycles. The van der Waals surface area contributed by atoms with Gasteiger partial charge in [0.1, 0.15) is 5.75 Å². The Morgan fingerprint density at radius 3 is 2.75 bits per heavy atom. The van der Waals surface area contributed by atoms with Crippen molar-refractivity contribution in [3.05, 3.63) is 23.8 Å². The summed E-state index contributed by atoms with van der Waals surface area (Å²) in [6.45, 7) is 7.38. The smallest absolute Gasteiger partial charge is 0.142 e. The van der Waals surface area contributed by atoms with Gasteiger partial charge in [-0.3, -0.25) is 0 Å². The number of anilines is 1. The van der Waals surface area contributed by atoms with Crippen molar-refractivity contribution in [2.75, 3.05) is 11.9 Å². The number of ether oxygens (including phenoxy) is 1. The van der Waals surface area contributed by atoms with Crippen molar-refractivity contribution >= 4 is 5.69 Å². The first-order valence-electron chi connectivity index (χ1n) is 8.24. The summed E-state index contributed by atoms with van der Waals surface area (Å²) in [7, 11) is 0. The maximum atomic E-state index is 5.92. The largest absolute Gasteiger partial charge is 0.491 e. The molecular formula is C18H29NO. The zero-order valence-corrected chi connectivity index (χ0v) is 13.2. The number of benzene rings is 1. The molecular weight excluding hydrogens is 246 g/mol. The van der Waals surface area contributed by atoms with Crippen molar-refractivity contribution in [2.45, 2.75) is 65.3 Å². The summed E-state index contributed by atoms with van der Waals surface area (Å²) in [6, 6.07) is 7.12. The molecule has 1 aromatic rings. The molecule has 1 saturated carbocycles. The molecule has 1 fully saturated rings. The first kappa shape index (κ1) is 15.2. The topological polar surface area (TPSA) is 21.3 Å². The first-order chi connectivity index (χ1) is 9.74. The Balaban J connectivity index is 2.10. The summed E-state index contributed by atoms with van der Waals surface area (Å²) in [5, 5.41) is 3.76. The van der Waals surface area contributed by atoms with E-state index >= 15 is 0 Å². The summed E-state index contributed by atoms with van der Waals surface area (Å²) >= 11 is 0. The Labute approximate surface area is 123 Å². The zero-order chi connectivity index (χ0) is 14.4. The molecule has 1 aliphatic rings. The van der Waals surface area contributed by atoms with Crippen LogP contribution in [0, 0.1) is 12.8 Å². The van der Waals surface area contributed by atoms with E-state index in [9.17, 15) is 0 Å². The van der Waals surface area contributed by atoms with E-state index in [-0.39, 0.29) is 0 Å². The molecule has 2 unspecified atom stereocenters. The highest BCUT2D eigenvalue weighted by atomic mass is 16.5. The Bertz CT molecular complexity index is 416. The summed E-state index contributed by atoms with van der Waals surface area (Å²) in [6.07, 6.45) is 7.73. The molecule has 0 spiro atoms. The van der Waals surface area contributed by atoms with Gasteiger partial charge >= 0.3 is 0 Å². The number of hydrogen-bond acceptors (Lipinski definition) is 2. The van der Waals surface area contributed by atoms with Crippen molar-refractivity contribution in [3.8, 4) is 5.75 Å². The van der Waals surface area contributed by atoms with E-state index in [0.29, 0.717) is 6.04 Å². The molecule has 2 atom stereocenters. The van der Waals surface area contributed by atoms with Gasteiger partial charge in [0.25, 0.3) is 0 Å². The Kier molecular flexibility index (Phi) is 5.75. The monoisotopic (exact) mass is 275 g/mol. The minimum absolute atomic E-state index is 0.612. The molecule has 0 aliphatic heterocycles. The van der Waals surface area contributed by atoms with Gasteiger partial charge < -0.3 is 10.1 Å². The van der Waals surface area contributed by atoms with E-state index in [2.05, 4.69) is 44.3 Å². The van der Waals surface area contributed by atoms with Crippen LogP contribution in [-0.2, 0) is 0 Å². The van der Waals surface area contributed by atoms with Crippen LogP contribution in [0.25, 0.3) is 0 Å². The lowest BCUT2D eigenvalue weighted by atomic mass is 9.83. The number of hydrogen-bond donors (Lipinski definition) is 1. The zero-order valence-electron chi connectivity index (χ0n) is 13.2. The lowest BCUT2D eigenvalue weighted by Crippen LogP contribution is -2.32. The third-order valence-electron chi connectivity index (χ3n) is 4.37. The quantitative estimate of drug-likeness (QED) is 0.773. The van der Waals surface area contributed by atoms with Gasteiger partial charge in [-0.1, -0.05) is 39.2 Å². The highest BCUT2D eigenvalue weighted by Gasteiger charge is 2.24. The van der Waals surface area contributed by atoms with E-state index in [0.717, 1.165) is 24.7 Å². The fraction of sp³-hybridized carbons (Fsp3) is 0.667. The van der Waals surface area contributed by atoms with E-state index < -0.39 is 0 Å². The van der Waals surface area contributed by atoms with E-state index in [1.807, 2.05) is 0 Å². The lowest BCUT2D eigenvalue weighted by Gasteiger charge is -2.32. The van der Waals surface area contributed by atoms with Crippen LogP contribution >= 0.6 is 0 Å². The minimum atomic E-state index is 0.612. The Hall–Kier alpha value is -1.18. The number of nitrogens with one attached hydrogen (secondary N) is 1. The standard InChI is InChI=1S/C18H29NO/c1-4-12-20-18-13-14(3)10-11-17(18)19-16-9-7-6-8-15(16)5-2/h10-11,13,15-16,19H,4-9,12H2,1-3H3. The third kappa shape index (κ3) is 3.91. The van der Waals surface area contributed by atoms with Crippen LogP contribution < -0.4 is 10.1 Å². The molecule has 1 aromatic carbocycles. The van der Waals surface area contributed by atoms with Crippen LogP contribution in [-0.4, -0.2) is 12.6 Å². The van der Waals surface area contributed by atoms with E-state index in [1.54, 1.807) is 0 Å². The van der Waals surface area contributed by atoms with Crippen LogP contribution in [0.2, 0.25) is 0 Å². The second-order valence-corrected chi connectivity index (χ2v) is 6.05. The van der Waals surface area contributed by atoms with Gasteiger partial charge in [0.15, 0.2) is 0 Å². The van der Waals surface area contributed by atoms with Gasteiger partial charge in [0, 0.05) is 6.04 Å². The van der Waals surface area contributed by atoms with Crippen LogP contribution in [0.15, 0.2) is 18.2 Å². The molecule has 2 rings (SSSR count). The molecule has 0 saturated heterocycles. The van der Waals surface area contributed by atoms with Crippen molar-refractivity contribution < 1.29 is 4.74 Å². The summed E-state index contributed by atoms with van der Waals surface area (Å²) in [5.41, 5.74) is 2.44. The highest BCUT2D eigenvalue weighted by molar-refractivity contribution is 5.58. The van der Waals surface area contributed by atoms with E-state index in [4.69, 9.17) is 4.74 Å². The van der Waals surface area contributed by atoms with Gasteiger partial charge in [0.2, 0.25) is 0 Å². The van der Waals surface area contributed by atoms with Crippen molar-refractivity contribution in [2.24, 2.45) is 5.92 Å². The molecule has 2 heteroatoms. The molecule has 1 N–H and O–H groups in total. The minimum Gasteiger partial charge on any atom is -0.491 e. The molecule has 0 aromatic heterocycles. The highest BCUT2D eigenvalue weighted by Crippen LogP contribution is 2.33. The molecule has 0 amide bonds. The van der Waals surface area contributed by atoms with Gasteiger partial charge in [0.05, 0.1) is 12.3 Å². The average Bonchev–Trinajstić information content (AvgIpc) is 2.48. The molecule has 2 nitrogen and oxygen atoms in total. The molecule has 20 heavy (non-hydrogen) atoms. The normalized spacial score (nSPS) is 22.6. The van der Waals surface area contributed by atoms with Crippen molar-refractivity contribution in [1.82, 2.24) is 0 Å². The lowest BCUT2D eigenvalue weighted by molar-refractivity contribution is 0.307. The predicted molar refractivity (Wildman–Crippen MR) is 86.6 cm³/mol. The Morgan fingerprint density at radius 2 is 2.00 bits per heavy atom. The van der Waals surface area contributed by atoms with Gasteiger partial charge in [-0.15, -0.1) is 0 Å². The van der Waals surface area contributed by atoms with Crippen molar-refractivity contribution in [3.63, 3.8) is 0 Å².